The predicted molar refractivity (Wildman–Crippen MR) is 118 cm³/mol. The lowest BCUT2D eigenvalue weighted by atomic mass is 9.98. The minimum atomic E-state index is -4.83. The maximum Gasteiger partial charge on any atom is 0.573 e. The average Bonchev–Trinajstić information content (AvgIpc) is 3.55. The van der Waals surface area contributed by atoms with Gasteiger partial charge in [-0.2, -0.15) is 10.1 Å². The van der Waals surface area contributed by atoms with Crippen LogP contribution in [0.1, 0.15) is 24.0 Å². The van der Waals surface area contributed by atoms with Crippen molar-refractivity contribution in [2.24, 2.45) is 11.0 Å². The molecule has 184 valence electrons. The molecule has 0 spiro atoms. The van der Waals surface area contributed by atoms with E-state index in [1.165, 1.54) is 17.0 Å². The lowest BCUT2D eigenvalue weighted by molar-refractivity contribution is -0.274. The maximum atomic E-state index is 13.5. The van der Waals surface area contributed by atoms with Crippen LogP contribution in [-0.4, -0.2) is 53.1 Å². The van der Waals surface area contributed by atoms with E-state index in [2.05, 4.69) is 9.84 Å². The number of benzene rings is 2. The molecule has 1 atom stereocenters. The van der Waals surface area contributed by atoms with Gasteiger partial charge in [-0.25, -0.2) is 9.59 Å². The van der Waals surface area contributed by atoms with Crippen LogP contribution in [-0.2, 0) is 16.0 Å². The number of hydrogen-bond donors (Lipinski definition) is 1. The second-order valence-corrected chi connectivity index (χ2v) is 9.05. The monoisotopic (exact) mass is 509 g/mol. The van der Waals surface area contributed by atoms with Crippen LogP contribution in [0.15, 0.2) is 47.6 Å². The molecular formula is C23H19ClF3N3O5. The van der Waals surface area contributed by atoms with Gasteiger partial charge in [0.1, 0.15) is 18.2 Å². The maximum absolute atomic E-state index is 13.5. The highest BCUT2D eigenvalue weighted by atomic mass is 35.5. The van der Waals surface area contributed by atoms with Crippen molar-refractivity contribution >= 4 is 35.0 Å². The highest BCUT2D eigenvalue weighted by Crippen LogP contribution is 2.39. The Morgan fingerprint density at radius 1 is 1.23 bits per heavy atom. The molecule has 2 amide bonds. The second kappa shape index (κ2) is 8.42. The van der Waals surface area contributed by atoms with Crippen molar-refractivity contribution in [3.05, 3.63) is 58.6 Å². The third-order valence-electron chi connectivity index (χ3n) is 6.12. The Morgan fingerprint density at radius 2 is 1.94 bits per heavy atom. The van der Waals surface area contributed by atoms with Crippen molar-refractivity contribution in [1.82, 2.24) is 5.01 Å². The second-order valence-electron chi connectivity index (χ2n) is 8.61. The summed E-state index contributed by atoms with van der Waals surface area (Å²) in [5.74, 6) is -1.39. The zero-order valence-electron chi connectivity index (χ0n) is 18.1. The van der Waals surface area contributed by atoms with Gasteiger partial charge in [-0.05, 0) is 60.7 Å². The number of anilines is 1. The molecule has 2 aromatic carbocycles. The molecule has 1 heterocycles. The van der Waals surface area contributed by atoms with Crippen molar-refractivity contribution in [1.29, 1.82) is 0 Å². The molecule has 8 nitrogen and oxygen atoms in total. The molecule has 0 radical (unpaired) electrons. The smallest absolute Gasteiger partial charge is 0.479 e. The molecule has 3 aliphatic rings. The minimum Gasteiger partial charge on any atom is -0.479 e. The molecule has 1 N–H and O–H groups in total. The van der Waals surface area contributed by atoms with Crippen LogP contribution in [0.2, 0.25) is 5.02 Å². The lowest BCUT2D eigenvalue weighted by Crippen LogP contribution is -2.56. The van der Waals surface area contributed by atoms with Gasteiger partial charge in [-0.3, -0.25) is 4.90 Å². The van der Waals surface area contributed by atoms with Crippen molar-refractivity contribution in [3.63, 3.8) is 0 Å². The molecule has 0 saturated heterocycles. The van der Waals surface area contributed by atoms with E-state index >= 15 is 0 Å². The number of hydrazone groups is 1. The van der Waals surface area contributed by atoms with Gasteiger partial charge in [0.25, 0.3) is 0 Å². The zero-order chi connectivity index (χ0) is 25.0. The number of alkyl halides is 3. The molecular weight excluding hydrogens is 491 g/mol. The quantitative estimate of drug-likeness (QED) is 0.633. The molecule has 35 heavy (non-hydrogen) atoms. The number of carboxylic acid groups (broad SMARTS) is 1. The SMILES string of the molecule is O=C(N1COC2(C(=O)O)Cc3cc(Cl)ccc3C2=N1)N(CC1CC1)c1ccc(OC(F)(F)F)cc1. The number of ether oxygens (including phenoxy) is 2. The van der Waals surface area contributed by atoms with Gasteiger partial charge in [0.2, 0.25) is 5.60 Å². The Labute approximate surface area is 202 Å². The van der Waals surface area contributed by atoms with Crippen LogP contribution in [0.5, 0.6) is 5.75 Å². The summed E-state index contributed by atoms with van der Waals surface area (Å²) >= 11 is 6.06. The van der Waals surface area contributed by atoms with Crippen LogP contribution in [0.4, 0.5) is 23.7 Å². The lowest BCUT2D eigenvalue weighted by Gasteiger charge is -2.35. The van der Waals surface area contributed by atoms with Crippen LogP contribution in [0, 0.1) is 5.92 Å². The number of amides is 2. The highest BCUT2D eigenvalue weighted by molar-refractivity contribution is 6.31. The normalized spacial score (nSPS) is 21.1. The van der Waals surface area contributed by atoms with E-state index in [-0.39, 0.29) is 18.1 Å². The van der Waals surface area contributed by atoms with Gasteiger partial charge in [-0.1, -0.05) is 17.7 Å². The van der Waals surface area contributed by atoms with Crippen LogP contribution >= 0.6 is 11.6 Å². The standard InChI is InChI=1S/C23H19ClF3N3O5/c24-15-3-8-18-14(9-15)10-22(20(31)32)19(18)28-30(12-34-22)21(33)29(11-13-1-2-13)16-4-6-17(7-5-16)35-23(25,26)27/h3-9,13H,1-2,10-12H2,(H,31,32). The summed E-state index contributed by atoms with van der Waals surface area (Å²) in [7, 11) is 0. The van der Waals surface area contributed by atoms with E-state index < -0.39 is 36.4 Å². The summed E-state index contributed by atoms with van der Waals surface area (Å²) in [5.41, 5.74) is -0.122. The zero-order valence-corrected chi connectivity index (χ0v) is 18.8. The number of carboxylic acids is 1. The third-order valence-corrected chi connectivity index (χ3v) is 6.35. The number of aliphatic carboxylic acids is 1. The summed E-state index contributed by atoms with van der Waals surface area (Å²) < 4.78 is 47.2. The third kappa shape index (κ3) is 4.53. The Bertz CT molecular complexity index is 1220. The molecule has 1 fully saturated rings. The highest BCUT2D eigenvalue weighted by Gasteiger charge is 2.54. The fraction of sp³-hybridized carbons (Fsp3) is 0.348. The van der Waals surface area contributed by atoms with E-state index in [9.17, 15) is 27.9 Å². The fourth-order valence-corrected chi connectivity index (χ4v) is 4.43. The Kier molecular flexibility index (Phi) is 5.64. The van der Waals surface area contributed by atoms with Crippen LogP contribution in [0.25, 0.3) is 0 Å². The number of urea groups is 1. The average molecular weight is 510 g/mol. The first-order valence-electron chi connectivity index (χ1n) is 10.8. The van der Waals surface area contributed by atoms with Crippen LogP contribution in [0.3, 0.4) is 0 Å². The first-order chi connectivity index (χ1) is 16.6. The molecule has 1 aliphatic heterocycles. The Hall–Kier alpha value is -3.31. The summed E-state index contributed by atoms with van der Waals surface area (Å²) in [4.78, 5) is 27.1. The van der Waals surface area contributed by atoms with Gasteiger partial charge in [0, 0.05) is 29.2 Å². The largest absolute Gasteiger partial charge is 0.573 e. The van der Waals surface area contributed by atoms with Crippen molar-refractivity contribution in [3.8, 4) is 5.75 Å². The summed E-state index contributed by atoms with van der Waals surface area (Å²) in [6.07, 6.45) is -2.98. The Balaban J connectivity index is 1.46. The first kappa shape index (κ1) is 23.4. The van der Waals surface area contributed by atoms with E-state index in [1.54, 1.807) is 18.2 Å². The number of hydrogen-bond acceptors (Lipinski definition) is 5. The number of carbonyl (C=O) groups is 2. The molecule has 2 aliphatic carbocycles. The van der Waals surface area contributed by atoms with Crippen LogP contribution < -0.4 is 9.64 Å². The topological polar surface area (TPSA) is 91.7 Å². The van der Waals surface area contributed by atoms with E-state index in [1.807, 2.05) is 0 Å². The molecule has 12 heteroatoms. The predicted octanol–water partition coefficient (Wildman–Crippen LogP) is 4.65. The summed E-state index contributed by atoms with van der Waals surface area (Å²) in [6.45, 7) is -0.0806. The van der Waals surface area contributed by atoms with Crippen molar-refractivity contribution < 1.29 is 37.3 Å². The van der Waals surface area contributed by atoms with E-state index in [0.29, 0.717) is 28.4 Å². The molecule has 2 aromatic rings. The number of nitrogens with zero attached hydrogens (tertiary/aromatic N) is 3. The van der Waals surface area contributed by atoms with E-state index in [4.69, 9.17) is 16.3 Å². The Morgan fingerprint density at radius 3 is 2.57 bits per heavy atom. The molecule has 1 unspecified atom stereocenters. The van der Waals surface area contributed by atoms with Crippen molar-refractivity contribution in [2.45, 2.75) is 31.2 Å². The molecule has 0 bridgehead atoms. The van der Waals surface area contributed by atoms with Gasteiger partial charge in [-0.15, -0.1) is 13.2 Å². The molecule has 0 aromatic heterocycles. The van der Waals surface area contributed by atoms with Crippen molar-refractivity contribution in [2.75, 3.05) is 18.2 Å². The summed E-state index contributed by atoms with van der Waals surface area (Å²) in [5, 5.41) is 15.8. The first-order valence-corrected chi connectivity index (χ1v) is 11.1. The fourth-order valence-electron chi connectivity index (χ4n) is 4.24. The molecule has 5 rings (SSSR count). The number of carbonyl (C=O) groups excluding carboxylic acids is 1. The van der Waals surface area contributed by atoms with Gasteiger partial charge in [0.15, 0.2) is 0 Å². The molecule has 1 saturated carbocycles. The minimum absolute atomic E-state index is 0.0194. The number of halogens is 4. The summed E-state index contributed by atoms with van der Waals surface area (Å²) in [6, 6.07) is 9.26. The number of fused-ring (bicyclic) bond motifs is 3. The van der Waals surface area contributed by atoms with Gasteiger partial charge >= 0.3 is 18.4 Å². The van der Waals surface area contributed by atoms with Gasteiger partial charge in [0.05, 0.1) is 0 Å². The number of rotatable bonds is 5. The van der Waals surface area contributed by atoms with E-state index in [0.717, 1.165) is 30.0 Å². The van der Waals surface area contributed by atoms with Gasteiger partial charge < -0.3 is 14.6 Å².